The van der Waals surface area contributed by atoms with Gasteiger partial charge in [-0.25, -0.2) is 9.59 Å². The summed E-state index contributed by atoms with van der Waals surface area (Å²) in [6.45, 7) is 10.5. The van der Waals surface area contributed by atoms with Crippen LogP contribution in [0.1, 0.15) is 45.7 Å². The largest absolute Gasteiger partial charge is 0.445 e. The molecule has 0 aliphatic carbocycles. The zero-order valence-electron chi connectivity index (χ0n) is 21.0. The van der Waals surface area contributed by atoms with Crippen LogP contribution in [-0.4, -0.2) is 52.9 Å². The van der Waals surface area contributed by atoms with Gasteiger partial charge in [0.05, 0.1) is 18.7 Å². The van der Waals surface area contributed by atoms with E-state index in [4.69, 9.17) is 4.74 Å². The monoisotopic (exact) mass is 469 g/mol. The quantitative estimate of drug-likeness (QED) is 0.482. The molecule has 2 aromatic rings. The number of amides is 3. The number of nitrogens with one attached hydrogen (secondary N) is 2. The summed E-state index contributed by atoms with van der Waals surface area (Å²) in [7, 11) is 0. The number of urea groups is 1. The van der Waals surface area contributed by atoms with E-state index in [1.54, 1.807) is 4.90 Å². The first-order valence-corrected chi connectivity index (χ1v) is 11.8. The molecule has 186 valence electrons. The number of carbonyl (C=O) groups excluding carboxylic acids is 2. The van der Waals surface area contributed by atoms with E-state index in [0.29, 0.717) is 13.0 Å². The molecule has 0 unspecified atom stereocenters. The predicted molar refractivity (Wildman–Crippen MR) is 134 cm³/mol. The Labute approximate surface area is 203 Å². The first kappa shape index (κ1) is 27.2. The fourth-order valence-corrected chi connectivity index (χ4v) is 3.50. The molecule has 3 amide bonds. The van der Waals surface area contributed by atoms with Gasteiger partial charge in [0.2, 0.25) is 0 Å². The molecule has 0 saturated carbocycles. The summed E-state index contributed by atoms with van der Waals surface area (Å²) in [6.07, 6.45) is -1.20. The highest BCUT2D eigenvalue weighted by atomic mass is 16.5. The van der Waals surface area contributed by atoms with Crippen LogP contribution in [0.25, 0.3) is 0 Å². The highest BCUT2D eigenvalue weighted by Gasteiger charge is 2.28. The molecule has 3 N–H and O–H groups in total. The molecule has 0 heterocycles. The van der Waals surface area contributed by atoms with Crippen molar-refractivity contribution in [3.63, 3.8) is 0 Å². The lowest BCUT2D eigenvalue weighted by atomic mass is 10.0. The van der Waals surface area contributed by atoms with Crippen LogP contribution < -0.4 is 10.6 Å². The molecular weight excluding hydrogens is 430 g/mol. The van der Waals surface area contributed by atoms with Crippen LogP contribution in [0, 0.1) is 5.92 Å². The molecule has 0 bridgehead atoms. The fraction of sp³-hybridized carbons (Fsp3) is 0.481. The second-order valence-corrected chi connectivity index (χ2v) is 10.0. The van der Waals surface area contributed by atoms with Gasteiger partial charge in [-0.15, -0.1) is 0 Å². The van der Waals surface area contributed by atoms with Crippen LogP contribution in [0.15, 0.2) is 60.7 Å². The van der Waals surface area contributed by atoms with E-state index in [-0.39, 0.29) is 25.1 Å². The predicted octanol–water partition coefficient (Wildman–Crippen LogP) is 4.35. The van der Waals surface area contributed by atoms with Gasteiger partial charge in [0.1, 0.15) is 6.61 Å². The van der Waals surface area contributed by atoms with E-state index < -0.39 is 23.8 Å². The van der Waals surface area contributed by atoms with Crippen molar-refractivity contribution in [3.8, 4) is 0 Å². The summed E-state index contributed by atoms with van der Waals surface area (Å²) in [5.74, 6) is 0.217. The molecule has 0 saturated heterocycles. The van der Waals surface area contributed by atoms with E-state index in [1.165, 1.54) is 0 Å². The molecule has 0 radical (unpaired) electrons. The second kappa shape index (κ2) is 13.0. The van der Waals surface area contributed by atoms with Gasteiger partial charge in [0, 0.05) is 12.1 Å². The highest BCUT2D eigenvalue weighted by molar-refractivity contribution is 5.75. The van der Waals surface area contributed by atoms with Crippen molar-refractivity contribution in [2.75, 3.05) is 13.1 Å². The van der Waals surface area contributed by atoms with E-state index >= 15 is 0 Å². The molecule has 0 aliphatic heterocycles. The van der Waals surface area contributed by atoms with Crippen molar-refractivity contribution in [1.82, 2.24) is 15.5 Å². The SMILES string of the molecule is CC(C)CN(C[C@@H](O)[C@H](Cc1ccccc1)NC(=O)OCc1ccccc1)C(=O)NC(C)(C)C. The van der Waals surface area contributed by atoms with Crippen LogP contribution in [0.5, 0.6) is 0 Å². The van der Waals surface area contributed by atoms with Crippen molar-refractivity contribution in [3.05, 3.63) is 71.8 Å². The Morgan fingerprint density at radius 2 is 1.50 bits per heavy atom. The molecule has 0 spiro atoms. The lowest BCUT2D eigenvalue weighted by molar-refractivity contribution is 0.0749. The zero-order chi connectivity index (χ0) is 25.1. The van der Waals surface area contributed by atoms with E-state index in [9.17, 15) is 14.7 Å². The highest BCUT2D eigenvalue weighted by Crippen LogP contribution is 2.11. The van der Waals surface area contributed by atoms with Gasteiger partial charge >= 0.3 is 12.1 Å². The fourth-order valence-electron chi connectivity index (χ4n) is 3.50. The number of nitrogens with zero attached hydrogens (tertiary/aromatic N) is 1. The third-order valence-corrected chi connectivity index (χ3v) is 5.04. The van der Waals surface area contributed by atoms with Crippen molar-refractivity contribution < 1.29 is 19.4 Å². The summed E-state index contributed by atoms with van der Waals surface area (Å²) in [4.78, 5) is 27.1. The minimum absolute atomic E-state index is 0.0799. The molecule has 0 fully saturated rings. The van der Waals surface area contributed by atoms with Gasteiger partial charge in [-0.3, -0.25) is 0 Å². The lowest BCUT2D eigenvalue weighted by Gasteiger charge is -2.33. The Morgan fingerprint density at radius 3 is 2.03 bits per heavy atom. The first-order valence-electron chi connectivity index (χ1n) is 11.8. The number of hydrogen-bond donors (Lipinski definition) is 3. The topological polar surface area (TPSA) is 90.9 Å². The Balaban J connectivity index is 2.11. The Kier molecular flexibility index (Phi) is 10.4. The maximum atomic E-state index is 12.9. The van der Waals surface area contributed by atoms with Gasteiger partial charge in [-0.1, -0.05) is 74.5 Å². The normalized spacial score (nSPS) is 13.1. The number of alkyl carbamates (subject to hydrolysis) is 1. The summed E-state index contributed by atoms with van der Waals surface area (Å²) in [6, 6.07) is 18.1. The Hall–Kier alpha value is -3.06. The average molecular weight is 470 g/mol. The molecule has 0 aliphatic rings. The Morgan fingerprint density at radius 1 is 0.941 bits per heavy atom. The number of rotatable bonds is 10. The summed E-state index contributed by atoms with van der Waals surface area (Å²) in [5, 5.41) is 16.9. The second-order valence-electron chi connectivity index (χ2n) is 10.0. The molecule has 0 aromatic heterocycles. The third-order valence-electron chi connectivity index (χ3n) is 5.04. The summed E-state index contributed by atoms with van der Waals surface area (Å²) in [5.41, 5.74) is 1.43. The van der Waals surface area contributed by atoms with Crippen LogP contribution >= 0.6 is 0 Å². The van der Waals surface area contributed by atoms with E-state index in [2.05, 4.69) is 10.6 Å². The van der Waals surface area contributed by atoms with Gasteiger partial charge in [-0.05, 0) is 44.2 Å². The van der Waals surface area contributed by atoms with Crippen molar-refractivity contribution in [1.29, 1.82) is 0 Å². The molecule has 34 heavy (non-hydrogen) atoms. The van der Waals surface area contributed by atoms with E-state index in [0.717, 1.165) is 11.1 Å². The molecule has 2 aromatic carbocycles. The van der Waals surface area contributed by atoms with Gasteiger partial charge in [0.15, 0.2) is 0 Å². The van der Waals surface area contributed by atoms with Crippen LogP contribution in [0.2, 0.25) is 0 Å². The number of hydrogen-bond acceptors (Lipinski definition) is 4. The van der Waals surface area contributed by atoms with Crippen LogP contribution in [-0.2, 0) is 17.8 Å². The maximum Gasteiger partial charge on any atom is 0.407 e. The molecule has 7 heteroatoms. The Bertz CT molecular complexity index is 882. The minimum Gasteiger partial charge on any atom is -0.445 e. The third kappa shape index (κ3) is 10.3. The van der Waals surface area contributed by atoms with Crippen LogP contribution in [0.4, 0.5) is 9.59 Å². The lowest BCUT2D eigenvalue weighted by Crippen LogP contribution is -2.55. The first-order chi connectivity index (χ1) is 16.0. The van der Waals surface area contributed by atoms with Gasteiger partial charge in [0.25, 0.3) is 0 Å². The van der Waals surface area contributed by atoms with Gasteiger partial charge in [-0.2, -0.15) is 0 Å². The molecule has 7 nitrogen and oxygen atoms in total. The molecule has 2 rings (SSSR count). The molecule has 2 atom stereocenters. The smallest absolute Gasteiger partial charge is 0.407 e. The maximum absolute atomic E-state index is 12.9. The van der Waals surface area contributed by atoms with E-state index in [1.807, 2.05) is 95.3 Å². The zero-order valence-corrected chi connectivity index (χ0v) is 21.0. The molecular formula is C27H39N3O4. The average Bonchev–Trinajstić information content (AvgIpc) is 2.76. The number of benzene rings is 2. The minimum atomic E-state index is -0.992. The number of aliphatic hydroxyl groups excluding tert-OH is 1. The van der Waals surface area contributed by atoms with Crippen molar-refractivity contribution in [2.45, 2.75) is 65.3 Å². The number of aliphatic hydroxyl groups is 1. The standard InChI is InChI=1S/C27H39N3O4/c1-20(2)17-30(25(32)29-27(3,4)5)18-24(31)23(16-21-12-8-6-9-13-21)28-26(33)34-19-22-14-10-7-11-15-22/h6-15,20,23-24,31H,16-19H2,1-5H3,(H,28,33)(H,29,32)/t23-,24+/m0/s1. The number of ether oxygens (including phenoxy) is 1. The summed E-state index contributed by atoms with van der Waals surface area (Å²) < 4.78 is 5.38. The van der Waals surface area contributed by atoms with Gasteiger partial charge < -0.3 is 25.4 Å². The van der Waals surface area contributed by atoms with Crippen molar-refractivity contribution >= 4 is 12.1 Å². The number of carbonyl (C=O) groups is 2. The van der Waals surface area contributed by atoms with Crippen LogP contribution in [0.3, 0.4) is 0 Å². The van der Waals surface area contributed by atoms with Crippen molar-refractivity contribution in [2.24, 2.45) is 5.92 Å². The summed E-state index contributed by atoms with van der Waals surface area (Å²) >= 11 is 0.